The molecule has 0 radical (unpaired) electrons. The van der Waals surface area contributed by atoms with Crippen LogP contribution in [0.15, 0.2) is 24.5 Å². The maximum Gasteiger partial charge on any atom is 0.224 e. The van der Waals surface area contributed by atoms with Gasteiger partial charge < -0.3 is 15.4 Å². The van der Waals surface area contributed by atoms with Crippen LogP contribution in [0, 0.1) is 0 Å². The molecule has 19 heavy (non-hydrogen) atoms. The molecule has 1 aliphatic heterocycles. The zero-order valence-corrected chi connectivity index (χ0v) is 11.3. The van der Waals surface area contributed by atoms with Crippen molar-refractivity contribution in [1.82, 2.24) is 9.88 Å². The number of ether oxygens (including phenoxy) is 1. The normalized spacial score (nSPS) is 20.5. The minimum absolute atomic E-state index is 0.0794. The van der Waals surface area contributed by atoms with E-state index in [9.17, 15) is 4.79 Å². The second-order valence-electron chi connectivity index (χ2n) is 5.10. The fourth-order valence-corrected chi connectivity index (χ4v) is 2.19. The van der Waals surface area contributed by atoms with Crippen LogP contribution in [0.25, 0.3) is 0 Å². The Labute approximate surface area is 113 Å². The molecule has 0 bridgehead atoms. The zero-order valence-electron chi connectivity index (χ0n) is 11.3. The molecule has 2 rings (SSSR count). The first-order chi connectivity index (χ1) is 9.15. The van der Waals surface area contributed by atoms with Gasteiger partial charge in [0.1, 0.15) is 0 Å². The van der Waals surface area contributed by atoms with Crippen molar-refractivity contribution in [3.8, 4) is 0 Å². The molecule has 1 aromatic heterocycles. The first-order valence-electron chi connectivity index (χ1n) is 6.69. The fourth-order valence-electron chi connectivity index (χ4n) is 2.19. The Morgan fingerprint density at radius 2 is 2.32 bits per heavy atom. The van der Waals surface area contributed by atoms with Gasteiger partial charge in [0.2, 0.25) is 5.91 Å². The highest BCUT2D eigenvalue weighted by atomic mass is 16.5. The van der Waals surface area contributed by atoms with Crippen molar-refractivity contribution >= 4 is 5.91 Å². The van der Waals surface area contributed by atoms with Crippen molar-refractivity contribution in [2.45, 2.75) is 38.5 Å². The monoisotopic (exact) mass is 263 g/mol. The van der Waals surface area contributed by atoms with Gasteiger partial charge in [-0.05, 0) is 31.0 Å². The fraction of sp³-hybridized carbons (Fsp3) is 0.571. The van der Waals surface area contributed by atoms with E-state index in [1.54, 1.807) is 12.4 Å². The lowest BCUT2D eigenvalue weighted by molar-refractivity contribution is -0.131. The molecule has 5 nitrogen and oxygen atoms in total. The van der Waals surface area contributed by atoms with Gasteiger partial charge in [-0.25, -0.2) is 0 Å². The van der Waals surface area contributed by atoms with Gasteiger partial charge in [-0.3, -0.25) is 9.78 Å². The highest BCUT2D eigenvalue weighted by Gasteiger charge is 2.26. The molecule has 2 unspecified atom stereocenters. The quantitative estimate of drug-likeness (QED) is 0.858. The summed E-state index contributed by atoms with van der Waals surface area (Å²) >= 11 is 0. The smallest absolute Gasteiger partial charge is 0.224 e. The van der Waals surface area contributed by atoms with Crippen molar-refractivity contribution in [3.05, 3.63) is 30.1 Å². The van der Waals surface area contributed by atoms with Crippen molar-refractivity contribution in [1.29, 1.82) is 0 Å². The van der Waals surface area contributed by atoms with Gasteiger partial charge in [-0.2, -0.15) is 0 Å². The van der Waals surface area contributed by atoms with Gasteiger partial charge in [-0.1, -0.05) is 0 Å². The van der Waals surface area contributed by atoms with Gasteiger partial charge >= 0.3 is 0 Å². The average Bonchev–Trinajstić information content (AvgIpc) is 2.86. The predicted octanol–water partition coefficient (Wildman–Crippen LogP) is 0.936. The number of pyridine rings is 1. The molecule has 104 valence electrons. The third-order valence-corrected chi connectivity index (χ3v) is 3.23. The summed E-state index contributed by atoms with van der Waals surface area (Å²) < 4.78 is 5.82. The molecule has 2 atom stereocenters. The lowest BCUT2D eigenvalue weighted by Crippen LogP contribution is -2.34. The maximum absolute atomic E-state index is 11.9. The van der Waals surface area contributed by atoms with E-state index in [4.69, 9.17) is 10.5 Å². The molecule has 2 heterocycles. The highest BCUT2D eigenvalue weighted by molar-refractivity contribution is 5.77. The molecular formula is C14H21N3O2. The van der Waals surface area contributed by atoms with Crippen LogP contribution >= 0.6 is 0 Å². The number of nitrogens with zero attached hydrogens (tertiary/aromatic N) is 2. The molecule has 0 saturated carbocycles. The van der Waals surface area contributed by atoms with E-state index < -0.39 is 0 Å². The van der Waals surface area contributed by atoms with E-state index in [0.29, 0.717) is 19.6 Å². The molecule has 1 fully saturated rings. The lowest BCUT2D eigenvalue weighted by Gasteiger charge is -2.17. The predicted molar refractivity (Wildman–Crippen MR) is 72.3 cm³/mol. The Hall–Kier alpha value is -1.46. The standard InChI is InChI=1S/C14H21N3O2/c1-11(15)8-14(18)17-7-4-13(9-17)19-10-12-2-5-16-6-3-12/h2-3,5-6,11,13H,4,7-10,15H2,1H3. The van der Waals surface area contributed by atoms with Crippen LogP contribution in [-0.2, 0) is 16.1 Å². The Morgan fingerprint density at radius 1 is 1.58 bits per heavy atom. The first kappa shape index (κ1) is 14.0. The Bertz CT molecular complexity index is 408. The number of carbonyl (C=O) groups excluding carboxylic acids is 1. The highest BCUT2D eigenvalue weighted by Crippen LogP contribution is 2.15. The summed E-state index contributed by atoms with van der Waals surface area (Å²) in [6.07, 6.45) is 4.95. The van der Waals surface area contributed by atoms with E-state index in [0.717, 1.165) is 18.5 Å². The summed E-state index contributed by atoms with van der Waals surface area (Å²) in [5, 5.41) is 0. The molecule has 1 saturated heterocycles. The second kappa shape index (κ2) is 6.63. The van der Waals surface area contributed by atoms with Crippen LogP contribution in [0.1, 0.15) is 25.3 Å². The molecule has 2 N–H and O–H groups in total. The minimum atomic E-state index is -0.0794. The van der Waals surface area contributed by atoms with Gasteiger partial charge in [0.25, 0.3) is 0 Å². The van der Waals surface area contributed by atoms with Gasteiger partial charge in [0.15, 0.2) is 0 Å². The summed E-state index contributed by atoms with van der Waals surface area (Å²) in [5.74, 6) is 0.130. The summed E-state index contributed by atoms with van der Waals surface area (Å²) in [5.41, 5.74) is 6.75. The van der Waals surface area contributed by atoms with Crippen molar-refractivity contribution in [3.63, 3.8) is 0 Å². The van der Waals surface area contributed by atoms with Crippen molar-refractivity contribution in [2.24, 2.45) is 5.73 Å². The van der Waals surface area contributed by atoms with E-state index in [1.165, 1.54) is 0 Å². The van der Waals surface area contributed by atoms with Gasteiger partial charge in [0, 0.05) is 37.9 Å². The number of amides is 1. The van der Waals surface area contributed by atoms with Crippen molar-refractivity contribution in [2.75, 3.05) is 13.1 Å². The Kier molecular flexibility index (Phi) is 4.87. The molecular weight excluding hydrogens is 242 g/mol. The number of hydrogen-bond acceptors (Lipinski definition) is 4. The lowest BCUT2D eigenvalue weighted by atomic mass is 10.2. The second-order valence-corrected chi connectivity index (χ2v) is 5.10. The molecule has 0 spiro atoms. The summed E-state index contributed by atoms with van der Waals surface area (Å²) in [6.45, 7) is 3.87. The van der Waals surface area contributed by atoms with Crippen molar-refractivity contribution < 1.29 is 9.53 Å². The minimum Gasteiger partial charge on any atom is -0.372 e. The first-order valence-corrected chi connectivity index (χ1v) is 6.69. The molecule has 1 amide bonds. The summed E-state index contributed by atoms with van der Waals surface area (Å²) in [6, 6.07) is 3.80. The maximum atomic E-state index is 11.9. The Balaban J connectivity index is 1.75. The number of rotatable bonds is 5. The molecule has 0 aromatic carbocycles. The number of hydrogen-bond donors (Lipinski definition) is 1. The summed E-state index contributed by atoms with van der Waals surface area (Å²) in [4.78, 5) is 17.7. The average molecular weight is 263 g/mol. The van der Waals surface area contributed by atoms with Crippen LogP contribution in [-0.4, -0.2) is 41.0 Å². The molecule has 0 aliphatic carbocycles. The number of likely N-dealkylation sites (tertiary alicyclic amines) is 1. The van der Waals surface area contributed by atoms with E-state index in [1.807, 2.05) is 24.0 Å². The van der Waals surface area contributed by atoms with Crippen LogP contribution in [0.2, 0.25) is 0 Å². The van der Waals surface area contributed by atoms with E-state index in [2.05, 4.69) is 4.98 Å². The van der Waals surface area contributed by atoms with Crippen LogP contribution in [0.4, 0.5) is 0 Å². The molecule has 5 heteroatoms. The third-order valence-electron chi connectivity index (χ3n) is 3.23. The third kappa shape index (κ3) is 4.29. The number of aromatic nitrogens is 1. The zero-order chi connectivity index (χ0) is 13.7. The number of nitrogens with two attached hydrogens (primary N) is 1. The van der Waals surface area contributed by atoms with Gasteiger partial charge in [0.05, 0.1) is 12.7 Å². The Morgan fingerprint density at radius 3 is 3.00 bits per heavy atom. The molecule has 1 aromatic rings. The van der Waals surface area contributed by atoms with E-state index >= 15 is 0 Å². The van der Waals surface area contributed by atoms with Crippen LogP contribution in [0.3, 0.4) is 0 Å². The van der Waals surface area contributed by atoms with Gasteiger partial charge in [-0.15, -0.1) is 0 Å². The SMILES string of the molecule is CC(N)CC(=O)N1CCC(OCc2ccncc2)C1. The number of carbonyl (C=O) groups is 1. The largest absolute Gasteiger partial charge is 0.372 e. The molecule has 1 aliphatic rings. The summed E-state index contributed by atoms with van der Waals surface area (Å²) in [7, 11) is 0. The topological polar surface area (TPSA) is 68.5 Å². The van der Waals surface area contributed by atoms with Crippen LogP contribution in [0.5, 0.6) is 0 Å². The van der Waals surface area contributed by atoms with E-state index in [-0.39, 0.29) is 18.1 Å². The van der Waals surface area contributed by atoms with Crippen LogP contribution < -0.4 is 5.73 Å².